The van der Waals surface area contributed by atoms with Crippen LogP contribution in [0.4, 0.5) is 5.69 Å². The highest BCUT2D eigenvalue weighted by Crippen LogP contribution is 2.10. The molecule has 0 saturated carbocycles. The third kappa shape index (κ3) is 5.42. The Morgan fingerprint density at radius 1 is 1.21 bits per heavy atom. The van der Waals surface area contributed by atoms with Crippen molar-refractivity contribution < 1.29 is 9.59 Å². The van der Waals surface area contributed by atoms with Gasteiger partial charge >= 0.3 is 0 Å². The number of carbonyl (C=O) groups is 2. The van der Waals surface area contributed by atoms with Crippen molar-refractivity contribution in [3.63, 3.8) is 0 Å². The Bertz CT molecular complexity index is 464. The quantitative estimate of drug-likeness (QED) is 0.768. The van der Waals surface area contributed by atoms with Crippen LogP contribution in [0.5, 0.6) is 0 Å². The Morgan fingerprint density at radius 2 is 1.89 bits per heavy atom. The zero-order chi connectivity index (χ0) is 14.5. The molecule has 1 aromatic carbocycles. The molecule has 0 unspecified atom stereocenters. The lowest BCUT2D eigenvalue weighted by Gasteiger charge is -2.20. The second-order valence-electron chi connectivity index (χ2n) is 5.31. The monoisotopic (exact) mass is 263 g/mol. The van der Waals surface area contributed by atoms with Gasteiger partial charge in [0.25, 0.3) is 5.91 Å². The van der Waals surface area contributed by atoms with Gasteiger partial charge in [-0.25, -0.2) is 0 Å². The van der Waals surface area contributed by atoms with Gasteiger partial charge in [0.2, 0.25) is 5.91 Å². The summed E-state index contributed by atoms with van der Waals surface area (Å²) in [7, 11) is 1.58. The molecule has 0 atom stereocenters. The summed E-state index contributed by atoms with van der Waals surface area (Å²) in [5, 5.41) is 8.41. The van der Waals surface area contributed by atoms with E-state index in [1.807, 2.05) is 26.8 Å². The molecule has 0 saturated heterocycles. The van der Waals surface area contributed by atoms with E-state index in [4.69, 9.17) is 0 Å². The van der Waals surface area contributed by atoms with Crippen LogP contribution in [0.3, 0.4) is 0 Å². The smallest absolute Gasteiger partial charge is 0.251 e. The van der Waals surface area contributed by atoms with Gasteiger partial charge in [-0.15, -0.1) is 0 Å². The van der Waals surface area contributed by atoms with Crippen molar-refractivity contribution in [1.82, 2.24) is 10.6 Å². The second-order valence-corrected chi connectivity index (χ2v) is 5.31. The molecule has 0 aliphatic rings. The van der Waals surface area contributed by atoms with Gasteiger partial charge in [-0.1, -0.05) is 6.07 Å². The van der Waals surface area contributed by atoms with Crippen molar-refractivity contribution in [3.8, 4) is 0 Å². The van der Waals surface area contributed by atoms with Crippen molar-refractivity contribution in [2.75, 3.05) is 18.9 Å². The van der Waals surface area contributed by atoms with Gasteiger partial charge in [-0.3, -0.25) is 9.59 Å². The van der Waals surface area contributed by atoms with E-state index in [1.54, 1.807) is 25.2 Å². The van der Waals surface area contributed by atoms with E-state index in [9.17, 15) is 9.59 Å². The fourth-order valence-corrected chi connectivity index (χ4v) is 1.56. The van der Waals surface area contributed by atoms with E-state index in [2.05, 4.69) is 16.0 Å². The fourth-order valence-electron chi connectivity index (χ4n) is 1.56. The maximum Gasteiger partial charge on any atom is 0.251 e. The third-order valence-electron chi connectivity index (χ3n) is 2.32. The SMILES string of the molecule is CNC(=O)c1cccc(NCC(=O)NC(C)(C)C)c1. The number of carbonyl (C=O) groups excluding carboxylic acids is 2. The van der Waals surface area contributed by atoms with E-state index >= 15 is 0 Å². The average Bonchev–Trinajstić information content (AvgIpc) is 2.34. The molecule has 0 heterocycles. The molecular weight excluding hydrogens is 242 g/mol. The van der Waals surface area contributed by atoms with Crippen molar-refractivity contribution in [2.24, 2.45) is 0 Å². The number of rotatable bonds is 4. The summed E-state index contributed by atoms with van der Waals surface area (Å²) in [4.78, 5) is 23.1. The molecule has 0 aliphatic heterocycles. The van der Waals surface area contributed by atoms with Gasteiger partial charge in [0.1, 0.15) is 0 Å². The summed E-state index contributed by atoms with van der Waals surface area (Å²) >= 11 is 0. The molecule has 0 fully saturated rings. The average molecular weight is 263 g/mol. The molecular formula is C14H21N3O2. The van der Waals surface area contributed by atoms with Crippen molar-refractivity contribution in [2.45, 2.75) is 26.3 Å². The van der Waals surface area contributed by atoms with Crippen LogP contribution in [-0.2, 0) is 4.79 Å². The van der Waals surface area contributed by atoms with Crippen molar-refractivity contribution in [3.05, 3.63) is 29.8 Å². The van der Waals surface area contributed by atoms with Gasteiger partial charge in [-0.2, -0.15) is 0 Å². The van der Waals surface area contributed by atoms with Gasteiger partial charge in [0, 0.05) is 23.8 Å². The van der Waals surface area contributed by atoms with Crippen LogP contribution in [0.25, 0.3) is 0 Å². The minimum absolute atomic E-state index is 0.0853. The Kier molecular flexibility index (Phi) is 4.92. The number of benzene rings is 1. The molecule has 0 bridgehead atoms. The molecule has 5 nitrogen and oxygen atoms in total. The Morgan fingerprint density at radius 3 is 2.47 bits per heavy atom. The molecule has 0 spiro atoms. The molecule has 3 N–H and O–H groups in total. The van der Waals surface area contributed by atoms with E-state index in [0.717, 1.165) is 5.69 Å². The first-order chi connectivity index (χ1) is 8.81. The predicted molar refractivity (Wildman–Crippen MR) is 76.2 cm³/mol. The number of nitrogens with one attached hydrogen (secondary N) is 3. The number of amides is 2. The Balaban J connectivity index is 2.59. The van der Waals surface area contributed by atoms with Gasteiger partial charge in [0.05, 0.1) is 6.54 Å². The van der Waals surface area contributed by atoms with Crippen LogP contribution in [0.2, 0.25) is 0 Å². The molecule has 2 amide bonds. The third-order valence-corrected chi connectivity index (χ3v) is 2.32. The predicted octanol–water partition coefficient (Wildman–Crippen LogP) is 1.37. The van der Waals surface area contributed by atoms with Gasteiger partial charge in [0.15, 0.2) is 0 Å². The number of anilines is 1. The van der Waals surface area contributed by atoms with Crippen molar-refractivity contribution >= 4 is 17.5 Å². The molecule has 0 aliphatic carbocycles. The van der Waals surface area contributed by atoms with Crippen LogP contribution >= 0.6 is 0 Å². The topological polar surface area (TPSA) is 70.2 Å². The highest BCUT2D eigenvalue weighted by atomic mass is 16.2. The summed E-state index contributed by atoms with van der Waals surface area (Å²) in [6.07, 6.45) is 0. The number of hydrogen-bond acceptors (Lipinski definition) is 3. The van der Waals surface area contributed by atoms with Crippen molar-refractivity contribution in [1.29, 1.82) is 0 Å². The zero-order valence-electron chi connectivity index (χ0n) is 11.8. The normalized spacial score (nSPS) is 10.7. The van der Waals surface area contributed by atoms with Crippen LogP contribution in [0.1, 0.15) is 31.1 Å². The summed E-state index contributed by atoms with van der Waals surface area (Å²) < 4.78 is 0. The summed E-state index contributed by atoms with van der Waals surface area (Å²) in [6, 6.07) is 7.02. The Hall–Kier alpha value is -2.04. The molecule has 19 heavy (non-hydrogen) atoms. The largest absolute Gasteiger partial charge is 0.376 e. The second kappa shape index (κ2) is 6.22. The van der Waals surface area contributed by atoms with Crippen LogP contribution in [0, 0.1) is 0 Å². The minimum Gasteiger partial charge on any atom is -0.376 e. The lowest BCUT2D eigenvalue weighted by atomic mass is 10.1. The molecule has 104 valence electrons. The van der Waals surface area contributed by atoms with Crippen LogP contribution < -0.4 is 16.0 Å². The molecule has 0 aromatic heterocycles. The van der Waals surface area contributed by atoms with Gasteiger partial charge < -0.3 is 16.0 Å². The first kappa shape index (κ1) is 15.0. The fraction of sp³-hybridized carbons (Fsp3) is 0.429. The minimum atomic E-state index is -0.247. The standard InChI is InChI=1S/C14H21N3O2/c1-14(2,3)17-12(18)9-16-11-7-5-6-10(8-11)13(19)15-4/h5-8,16H,9H2,1-4H3,(H,15,19)(H,17,18). The maximum absolute atomic E-state index is 11.7. The van der Waals surface area contributed by atoms with E-state index < -0.39 is 0 Å². The lowest BCUT2D eigenvalue weighted by Crippen LogP contribution is -2.43. The first-order valence-corrected chi connectivity index (χ1v) is 6.19. The molecule has 1 aromatic rings. The van der Waals surface area contributed by atoms with Crippen LogP contribution in [-0.4, -0.2) is 30.9 Å². The Labute approximate surface area is 113 Å². The summed E-state index contributed by atoms with van der Waals surface area (Å²) in [5.41, 5.74) is 1.05. The van der Waals surface area contributed by atoms with E-state index in [0.29, 0.717) is 5.56 Å². The zero-order valence-corrected chi connectivity index (χ0v) is 11.8. The van der Waals surface area contributed by atoms with Crippen LogP contribution in [0.15, 0.2) is 24.3 Å². The number of hydrogen-bond donors (Lipinski definition) is 3. The molecule has 5 heteroatoms. The maximum atomic E-state index is 11.7. The van der Waals surface area contributed by atoms with E-state index in [-0.39, 0.29) is 23.9 Å². The molecule has 1 rings (SSSR count). The lowest BCUT2D eigenvalue weighted by molar-refractivity contribution is -0.120. The summed E-state index contributed by atoms with van der Waals surface area (Å²) in [6.45, 7) is 5.96. The van der Waals surface area contributed by atoms with E-state index in [1.165, 1.54) is 0 Å². The van der Waals surface area contributed by atoms with Gasteiger partial charge in [-0.05, 0) is 39.0 Å². The highest BCUT2D eigenvalue weighted by Gasteiger charge is 2.13. The molecule has 0 radical (unpaired) electrons. The highest BCUT2D eigenvalue weighted by molar-refractivity contribution is 5.95. The summed E-state index contributed by atoms with van der Waals surface area (Å²) in [5.74, 6) is -0.236. The first-order valence-electron chi connectivity index (χ1n) is 6.19.